The molecule has 0 aliphatic heterocycles. The number of rotatable bonds is 5. The summed E-state index contributed by atoms with van der Waals surface area (Å²) in [5.74, 6) is 0.950. The quantitative estimate of drug-likeness (QED) is 0.729. The largest absolute Gasteiger partial charge is 0.496 e. The number of aryl methyl sites for hydroxylation is 2. The van der Waals surface area contributed by atoms with E-state index >= 15 is 0 Å². The molecule has 0 atom stereocenters. The highest BCUT2D eigenvalue weighted by molar-refractivity contribution is 5.36. The average Bonchev–Trinajstić information content (AvgIpc) is 2.21. The Hall–Kier alpha value is -1.02. The smallest absolute Gasteiger partial charge is 0.122 e. The maximum atomic E-state index is 8.66. The Morgan fingerprint density at radius 1 is 1.29 bits per heavy atom. The Bertz CT molecular complexity index is 282. The summed E-state index contributed by atoms with van der Waals surface area (Å²) < 4.78 is 5.24. The fourth-order valence-corrected chi connectivity index (χ4v) is 1.46. The van der Waals surface area contributed by atoms with Gasteiger partial charge in [-0.2, -0.15) is 0 Å². The molecule has 0 heterocycles. The van der Waals surface area contributed by atoms with E-state index in [4.69, 9.17) is 9.84 Å². The van der Waals surface area contributed by atoms with Gasteiger partial charge in [-0.05, 0) is 43.4 Å². The van der Waals surface area contributed by atoms with Gasteiger partial charge in [0.1, 0.15) is 5.75 Å². The highest BCUT2D eigenvalue weighted by atomic mass is 16.5. The first-order valence-corrected chi connectivity index (χ1v) is 5.02. The van der Waals surface area contributed by atoms with Gasteiger partial charge in [0.2, 0.25) is 0 Å². The maximum Gasteiger partial charge on any atom is 0.122 e. The van der Waals surface area contributed by atoms with E-state index in [9.17, 15) is 0 Å². The van der Waals surface area contributed by atoms with Gasteiger partial charge >= 0.3 is 0 Å². The van der Waals surface area contributed by atoms with Gasteiger partial charge in [0, 0.05) is 6.61 Å². The van der Waals surface area contributed by atoms with Crippen LogP contribution in [0.5, 0.6) is 5.75 Å². The number of methoxy groups -OCH3 is 1. The lowest BCUT2D eigenvalue weighted by atomic mass is 10.1. The zero-order chi connectivity index (χ0) is 10.4. The summed E-state index contributed by atoms with van der Waals surface area (Å²) >= 11 is 0. The molecule has 2 heteroatoms. The van der Waals surface area contributed by atoms with Gasteiger partial charge in [-0.25, -0.2) is 0 Å². The van der Waals surface area contributed by atoms with Gasteiger partial charge < -0.3 is 9.84 Å². The van der Waals surface area contributed by atoms with E-state index in [0.29, 0.717) is 0 Å². The molecule has 1 aromatic rings. The van der Waals surface area contributed by atoms with Crippen LogP contribution in [0, 0.1) is 6.92 Å². The van der Waals surface area contributed by atoms with Crippen LogP contribution in [0.25, 0.3) is 0 Å². The second kappa shape index (κ2) is 5.66. The summed E-state index contributed by atoms with van der Waals surface area (Å²) in [6.45, 7) is 2.32. The number of benzene rings is 1. The number of aliphatic hydroxyl groups excluding tert-OH is 1. The predicted octanol–water partition coefficient (Wildman–Crippen LogP) is 2.32. The van der Waals surface area contributed by atoms with Crippen LogP contribution in [-0.2, 0) is 6.42 Å². The van der Waals surface area contributed by atoms with E-state index < -0.39 is 0 Å². The van der Waals surface area contributed by atoms with Crippen LogP contribution >= 0.6 is 0 Å². The topological polar surface area (TPSA) is 29.5 Å². The SMILES string of the molecule is COc1cc(CCCCO)ccc1C. The van der Waals surface area contributed by atoms with Crippen LogP contribution in [0.2, 0.25) is 0 Å². The summed E-state index contributed by atoms with van der Waals surface area (Å²) in [6.07, 6.45) is 2.91. The van der Waals surface area contributed by atoms with Gasteiger partial charge in [0.15, 0.2) is 0 Å². The predicted molar refractivity (Wildman–Crippen MR) is 57.8 cm³/mol. The van der Waals surface area contributed by atoms with E-state index in [1.165, 1.54) is 11.1 Å². The third-order valence-electron chi connectivity index (χ3n) is 2.35. The molecule has 1 rings (SSSR count). The Balaban J connectivity index is 2.60. The van der Waals surface area contributed by atoms with Crippen molar-refractivity contribution >= 4 is 0 Å². The van der Waals surface area contributed by atoms with Crippen molar-refractivity contribution in [1.29, 1.82) is 0 Å². The standard InChI is InChI=1S/C12H18O2/c1-10-6-7-11(5-3-4-8-13)9-12(10)14-2/h6-7,9,13H,3-5,8H2,1-2H3. The summed E-state index contributed by atoms with van der Waals surface area (Å²) in [6, 6.07) is 6.27. The van der Waals surface area contributed by atoms with Gasteiger partial charge in [0.25, 0.3) is 0 Å². The maximum absolute atomic E-state index is 8.66. The van der Waals surface area contributed by atoms with Crippen molar-refractivity contribution in [3.05, 3.63) is 29.3 Å². The molecule has 0 amide bonds. The average molecular weight is 194 g/mol. The molecule has 1 aromatic carbocycles. The van der Waals surface area contributed by atoms with E-state index in [1.807, 2.05) is 6.92 Å². The molecule has 0 bridgehead atoms. The van der Waals surface area contributed by atoms with Crippen molar-refractivity contribution < 1.29 is 9.84 Å². The number of ether oxygens (including phenoxy) is 1. The number of unbranched alkanes of at least 4 members (excludes halogenated alkanes) is 1. The zero-order valence-electron chi connectivity index (χ0n) is 8.92. The third-order valence-corrected chi connectivity index (χ3v) is 2.35. The van der Waals surface area contributed by atoms with Crippen molar-refractivity contribution in [2.24, 2.45) is 0 Å². The highest BCUT2D eigenvalue weighted by Crippen LogP contribution is 2.19. The third kappa shape index (κ3) is 3.04. The molecule has 0 radical (unpaired) electrons. The Labute approximate surface area is 85.5 Å². The molecule has 1 N–H and O–H groups in total. The van der Waals surface area contributed by atoms with Crippen molar-refractivity contribution in [3.63, 3.8) is 0 Å². The molecule has 14 heavy (non-hydrogen) atoms. The molecule has 0 unspecified atom stereocenters. The first-order chi connectivity index (χ1) is 6.77. The fourth-order valence-electron chi connectivity index (χ4n) is 1.46. The van der Waals surface area contributed by atoms with E-state index in [1.54, 1.807) is 7.11 Å². The van der Waals surface area contributed by atoms with Gasteiger partial charge in [-0.1, -0.05) is 12.1 Å². The molecule has 2 nitrogen and oxygen atoms in total. The van der Waals surface area contributed by atoms with Crippen LogP contribution in [0.1, 0.15) is 24.0 Å². The van der Waals surface area contributed by atoms with E-state index in [2.05, 4.69) is 18.2 Å². The van der Waals surface area contributed by atoms with Crippen LogP contribution in [0.3, 0.4) is 0 Å². The minimum absolute atomic E-state index is 0.281. The normalized spacial score (nSPS) is 10.2. The molecular formula is C12H18O2. The molecule has 0 aliphatic rings. The van der Waals surface area contributed by atoms with Crippen molar-refractivity contribution in [1.82, 2.24) is 0 Å². The zero-order valence-corrected chi connectivity index (χ0v) is 8.92. The lowest BCUT2D eigenvalue weighted by molar-refractivity contribution is 0.284. The lowest BCUT2D eigenvalue weighted by Gasteiger charge is -2.07. The molecule has 0 saturated heterocycles. The van der Waals surface area contributed by atoms with Crippen LogP contribution < -0.4 is 4.74 Å². The van der Waals surface area contributed by atoms with Crippen molar-refractivity contribution in [2.45, 2.75) is 26.2 Å². The van der Waals surface area contributed by atoms with Crippen LogP contribution in [-0.4, -0.2) is 18.8 Å². The van der Waals surface area contributed by atoms with Gasteiger partial charge in [0.05, 0.1) is 7.11 Å². The molecule has 0 spiro atoms. The second-order valence-electron chi connectivity index (χ2n) is 3.48. The molecule has 0 aliphatic carbocycles. The van der Waals surface area contributed by atoms with E-state index in [0.717, 1.165) is 25.0 Å². The Kier molecular flexibility index (Phi) is 4.47. The summed E-state index contributed by atoms with van der Waals surface area (Å²) in [5.41, 5.74) is 2.44. The number of hydrogen-bond acceptors (Lipinski definition) is 2. The summed E-state index contributed by atoms with van der Waals surface area (Å²) in [5, 5.41) is 8.66. The first-order valence-electron chi connectivity index (χ1n) is 5.02. The van der Waals surface area contributed by atoms with Crippen LogP contribution in [0.15, 0.2) is 18.2 Å². The Morgan fingerprint density at radius 3 is 2.71 bits per heavy atom. The minimum atomic E-state index is 0.281. The van der Waals surface area contributed by atoms with Gasteiger partial charge in [-0.15, -0.1) is 0 Å². The van der Waals surface area contributed by atoms with E-state index in [-0.39, 0.29) is 6.61 Å². The van der Waals surface area contributed by atoms with Gasteiger partial charge in [-0.3, -0.25) is 0 Å². The van der Waals surface area contributed by atoms with Crippen molar-refractivity contribution in [2.75, 3.05) is 13.7 Å². The minimum Gasteiger partial charge on any atom is -0.496 e. The number of hydrogen-bond donors (Lipinski definition) is 1. The monoisotopic (exact) mass is 194 g/mol. The molecule has 0 aromatic heterocycles. The Morgan fingerprint density at radius 2 is 2.07 bits per heavy atom. The first kappa shape index (κ1) is 11.1. The molecule has 78 valence electrons. The summed E-state index contributed by atoms with van der Waals surface area (Å²) in [4.78, 5) is 0. The van der Waals surface area contributed by atoms with Crippen LogP contribution in [0.4, 0.5) is 0 Å². The number of aliphatic hydroxyl groups is 1. The molecular weight excluding hydrogens is 176 g/mol. The second-order valence-corrected chi connectivity index (χ2v) is 3.48. The van der Waals surface area contributed by atoms with Crippen molar-refractivity contribution in [3.8, 4) is 5.75 Å². The summed E-state index contributed by atoms with van der Waals surface area (Å²) in [7, 11) is 1.69. The molecule has 0 saturated carbocycles. The highest BCUT2D eigenvalue weighted by Gasteiger charge is 1.99. The fraction of sp³-hybridized carbons (Fsp3) is 0.500. The lowest BCUT2D eigenvalue weighted by Crippen LogP contribution is -1.92. The molecule has 0 fully saturated rings.